The molecule has 2 amide bonds. The largest absolute Gasteiger partial charge is 0.334 e. The van der Waals surface area contributed by atoms with Gasteiger partial charge in [-0.05, 0) is 11.6 Å². The molecule has 1 aliphatic rings. The Kier molecular flexibility index (Phi) is 4.63. The zero-order valence-corrected chi connectivity index (χ0v) is 12.9. The molecule has 1 saturated heterocycles. The topological polar surface area (TPSA) is 32.3 Å². The molecule has 2 aromatic carbocycles. The van der Waals surface area contributed by atoms with Crippen molar-refractivity contribution in [3.8, 4) is 0 Å². The van der Waals surface area contributed by atoms with Crippen LogP contribution >= 0.6 is 11.8 Å². The summed E-state index contributed by atoms with van der Waals surface area (Å²) in [6, 6.07) is 16.3. The van der Waals surface area contributed by atoms with Crippen molar-refractivity contribution in [2.24, 2.45) is 0 Å². The fourth-order valence-corrected chi connectivity index (χ4v) is 3.76. The molecule has 0 aliphatic carbocycles. The van der Waals surface area contributed by atoms with Gasteiger partial charge in [0.15, 0.2) is 0 Å². The van der Waals surface area contributed by atoms with E-state index in [0.29, 0.717) is 18.7 Å². The monoisotopic (exact) mass is 316 g/mol. The summed E-state index contributed by atoms with van der Waals surface area (Å²) in [6.07, 6.45) is 0. The predicted molar refractivity (Wildman–Crippen MR) is 87.0 cm³/mol. The van der Waals surface area contributed by atoms with E-state index in [4.69, 9.17) is 0 Å². The van der Waals surface area contributed by atoms with Crippen molar-refractivity contribution in [2.75, 3.05) is 12.3 Å². The minimum Gasteiger partial charge on any atom is -0.334 e. The summed E-state index contributed by atoms with van der Waals surface area (Å²) in [7, 11) is 0. The van der Waals surface area contributed by atoms with Gasteiger partial charge in [0.1, 0.15) is 11.2 Å². The first-order valence-electron chi connectivity index (χ1n) is 7.20. The molecule has 3 nitrogen and oxygen atoms in total. The quantitative estimate of drug-likeness (QED) is 0.934. The number of thioether (sulfide) groups is 1. The van der Waals surface area contributed by atoms with E-state index < -0.39 is 0 Å². The lowest BCUT2D eigenvalue weighted by atomic mass is 10.2. The SMILES string of the molecule is O=C(NCc1ccccc1)N1CCS[C@@H]1c1ccccc1F. The number of carbonyl (C=O) groups excluding carboxylic acids is 1. The summed E-state index contributed by atoms with van der Waals surface area (Å²) in [4.78, 5) is 14.1. The molecule has 0 bridgehead atoms. The van der Waals surface area contributed by atoms with Crippen LogP contribution in [0.25, 0.3) is 0 Å². The molecule has 22 heavy (non-hydrogen) atoms. The number of nitrogens with one attached hydrogen (secondary N) is 1. The Morgan fingerprint density at radius 3 is 2.68 bits per heavy atom. The lowest BCUT2D eigenvalue weighted by Crippen LogP contribution is -2.39. The second-order valence-corrected chi connectivity index (χ2v) is 6.27. The molecular formula is C17H17FN2OS. The van der Waals surface area contributed by atoms with Crippen LogP contribution in [0, 0.1) is 5.82 Å². The number of rotatable bonds is 3. The van der Waals surface area contributed by atoms with Gasteiger partial charge in [-0.25, -0.2) is 9.18 Å². The van der Waals surface area contributed by atoms with Crippen molar-refractivity contribution in [3.05, 3.63) is 71.5 Å². The summed E-state index contributed by atoms with van der Waals surface area (Å²) in [5, 5.41) is 2.66. The maximum absolute atomic E-state index is 14.0. The van der Waals surface area contributed by atoms with Crippen molar-refractivity contribution in [1.82, 2.24) is 10.2 Å². The minimum absolute atomic E-state index is 0.151. The second kappa shape index (κ2) is 6.83. The van der Waals surface area contributed by atoms with Crippen LogP contribution in [0.15, 0.2) is 54.6 Å². The lowest BCUT2D eigenvalue weighted by Gasteiger charge is -2.24. The molecule has 5 heteroatoms. The van der Waals surface area contributed by atoms with Crippen LogP contribution in [0.3, 0.4) is 0 Å². The van der Waals surface area contributed by atoms with Gasteiger partial charge in [-0.1, -0.05) is 48.5 Å². The Morgan fingerprint density at radius 1 is 1.18 bits per heavy atom. The van der Waals surface area contributed by atoms with Gasteiger partial charge in [-0.3, -0.25) is 0 Å². The van der Waals surface area contributed by atoms with E-state index in [-0.39, 0.29) is 17.2 Å². The molecule has 3 rings (SSSR count). The van der Waals surface area contributed by atoms with Gasteiger partial charge in [-0.15, -0.1) is 11.8 Å². The normalized spacial score (nSPS) is 17.5. The summed E-state index contributed by atoms with van der Waals surface area (Å²) in [5.74, 6) is 0.556. The molecular weight excluding hydrogens is 299 g/mol. The average molecular weight is 316 g/mol. The van der Waals surface area contributed by atoms with Gasteiger partial charge >= 0.3 is 6.03 Å². The first-order valence-corrected chi connectivity index (χ1v) is 8.25. The highest BCUT2D eigenvalue weighted by Crippen LogP contribution is 2.38. The van der Waals surface area contributed by atoms with Crippen LogP contribution in [0.5, 0.6) is 0 Å². The zero-order chi connectivity index (χ0) is 15.4. The number of amides is 2. The van der Waals surface area contributed by atoms with Crippen molar-refractivity contribution in [3.63, 3.8) is 0 Å². The minimum atomic E-state index is -0.261. The Bertz CT molecular complexity index is 650. The first kappa shape index (κ1) is 14.9. The zero-order valence-electron chi connectivity index (χ0n) is 12.0. The number of hydrogen-bond donors (Lipinski definition) is 1. The van der Waals surface area contributed by atoms with Gasteiger partial charge in [0, 0.05) is 24.4 Å². The highest BCUT2D eigenvalue weighted by molar-refractivity contribution is 7.99. The van der Waals surface area contributed by atoms with E-state index in [9.17, 15) is 9.18 Å². The highest BCUT2D eigenvalue weighted by Gasteiger charge is 2.32. The summed E-state index contributed by atoms with van der Waals surface area (Å²) < 4.78 is 14.0. The van der Waals surface area contributed by atoms with E-state index in [0.717, 1.165) is 11.3 Å². The van der Waals surface area contributed by atoms with E-state index >= 15 is 0 Å². The Labute approximate surface area is 133 Å². The molecule has 1 N–H and O–H groups in total. The highest BCUT2D eigenvalue weighted by atomic mass is 32.2. The summed E-state index contributed by atoms with van der Waals surface area (Å²) in [6.45, 7) is 1.11. The van der Waals surface area contributed by atoms with Crippen molar-refractivity contribution >= 4 is 17.8 Å². The van der Waals surface area contributed by atoms with E-state index in [2.05, 4.69) is 5.32 Å². The third kappa shape index (κ3) is 3.25. The van der Waals surface area contributed by atoms with Crippen molar-refractivity contribution < 1.29 is 9.18 Å². The van der Waals surface area contributed by atoms with Crippen LogP contribution < -0.4 is 5.32 Å². The molecule has 1 fully saturated rings. The molecule has 1 heterocycles. The molecule has 1 aliphatic heterocycles. The molecule has 2 aromatic rings. The van der Waals surface area contributed by atoms with Crippen LogP contribution in [-0.2, 0) is 6.54 Å². The predicted octanol–water partition coefficient (Wildman–Crippen LogP) is 3.78. The number of benzene rings is 2. The molecule has 0 saturated carbocycles. The van der Waals surface area contributed by atoms with Gasteiger partial charge < -0.3 is 10.2 Å². The third-order valence-electron chi connectivity index (χ3n) is 3.61. The fourth-order valence-electron chi connectivity index (χ4n) is 2.49. The molecule has 1 atom stereocenters. The van der Waals surface area contributed by atoms with Crippen LogP contribution in [0.2, 0.25) is 0 Å². The lowest BCUT2D eigenvalue weighted by molar-refractivity contribution is 0.199. The number of halogens is 1. The van der Waals surface area contributed by atoms with Crippen molar-refractivity contribution in [2.45, 2.75) is 11.9 Å². The molecule has 114 valence electrons. The number of hydrogen-bond acceptors (Lipinski definition) is 2. The van der Waals surface area contributed by atoms with E-state index in [1.54, 1.807) is 34.9 Å². The first-order chi connectivity index (χ1) is 10.8. The maximum Gasteiger partial charge on any atom is 0.318 e. The number of carbonyl (C=O) groups is 1. The Morgan fingerprint density at radius 2 is 1.91 bits per heavy atom. The van der Waals surface area contributed by atoms with Gasteiger partial charge in [-0.2, -0.15) is 0 Å². The Hall–Kier alpha value is -2.01. The van der Waals surface area contributed by atoms with Crippen molar-refractivity contribution in [1.29, 1.82) is 0 Å². The van der Waals surface area contributed by atoms with Gasteiger partial charge in [0.25, 0.3) is 0 Å². The van der Waals surface area contributed by atoms with Gasteiger partial charge in [0.2, 0.25) is 0 Å². The number of nitrogens with zero attached hydrogens (tertiary/aromatic N) is 1. The van der Waals surface area contributed by atoms with E-state index in [1.807, 2.05) is 30.3 Å². The van der Waals surface area contributed by atoms with E-state index in [1.165, 1.54) is 6.07 Å². The molecule has 0 unspecified atom stereocenters. The standard InChI is InChI=1S/C17H17FN2OS/c18-15-9-5-4-8-14(15)16-20(10-11-22-16)17(21)19-12-13-6-2-1-3-7-13/h1-9,16H,10-12H2,(H,19,21)/t16-/m1/s1. The molecule has 0 radical (unpaired) electrons. The third-order valence-corrected chi connectivity index (χ3v) is 4.85. The Balaban J connectivity index is 1.68. The summed E-state index contributed by atoms with van der Waals surface area (Å²) >= 11 is 1.59. The second-order valence-electron chi connectivity index (χ2n) is 5.08. The average Bonchev–Trinajstić information content (AvgIpc) is 3.03. The van der Waals surface area contributed by atoms with Crippen LogP contribution in [0.4, 0.5) is 9.18 Å². The fraction of sp³-hybridized carbons (Fsp3) is 0.235. The summed E-state index contributed by atoms with van der Waals surface area (Å²) in [5.41, 5.74) is 1.62. The van der Waals surface area contributed by atoms with Gasteiger partial charge in [0.05, 0.1) is 0 Å². The van der Waals surface area contributed by atoms with Crippen LogP contribution in [-0.4, -0.2) is 23.2 Å². The number of urea groups is 1. The maximum atomic E-state index is 14.0. The molecule has 0 aromatic heterocycles. The molecule has 0 spiro atoms. The smallest absolute Gasteiger partial charge is 0.318 e. The van der Waals surface area contributed by atoms with Crippen LogP contribution in [0.1, 0.15) is 16.5 Å².